The highest BCUT2D eigenvalue weighted by molar-refractivity contribution is 8.00. The van der Waals surface area contributed by atoms with E-state index in [1.54, 1.807) is 17.0 Å². The van der Waals surface area contributed by atoms with Crippen molar-refractivity contribution in [3.63, 3.8) is 0 Å². The highest BCUT2D eigenvalue weighted by Gasteiger charge is 2.30. The van der Waals surface area contributed by atoms with Crippen molar-refractivity contribution in [2.24, 2.45) is 0 Å². The number of nitrogens with zero attached hydrogens (tertiary/aromatic N) is 1. The molecule has 3 rings (SSSR count). The minimum absolute atomic E-state index is 0.0513. The molecule has 3 aromatic rings. The van der Waals surface area contributed by atoms with Crippen LogP contribution in [0.5, 0.6) is 0 Å². The maximum Gasteiger partial charge on any atom is 0.243 e. The third-order valence-corrected chi connectivity index (χ3v) is 7.16. The molecule has 35 heavy (non-hydrogen) atoms. The average molecular weight is 530 g/mol. The molecule has 0 bridgehead atoms. The Morgan fingerprint density at radius 3 is 2.23 bits per heavy atom. The van der Waals surface area contributed by atoms with Crippen LogP contribution in [0.4, 0.5) is 0 Å². The van der Waals surface area contributed by atoms with E-state index in [4.69, 9.17) is 23.2 Å². The van der Waals surface area contributed by atoms with Crippen LogP contribution in [0.1, 0.15) is 30.5 Å². The number of amides is 2. The molecule has 0 unspecified atom stereocenters. The molecule has 2 amide bonds. The molecule has 1 N–H and O–H groups in total. The molecule has 3 aromatic carbocycles. The summed E-state index contributed by atoms with van der Waals surface area (Å²) in [4.78, 5) is 29.7. The van der Waals surface area contributed by atoms with Gasteiger partial charge in [-0.15, -0.1) is 11.8 Å². The molecular formula is C28H30Cl2N2O2S. The second-order valence-electron chi connectivity index (χ2n) is 8.74. The Bertz CT molecular complexity index is 1140. The van der Waals surface area contributed by atoms with E-state index in [0.717, 1.165) is 21.6 Å². The van der Waals surface area contributed by atoms with Gasteiger partial charge in [0.25, 0.3) is 0 Å². The van der Waals surface area contributed by atoms with Gasteiger partial charge in [0.15, 0.2) is 0 Å². The Morgan fingerprint density at radius 2 is 1.60 bits per heavy atom. The van der Waals surface area contributed by atoms with Crippen LogP contribution >= 0.6 is 35.0 Å². The first-order chi connectivity index (χ1) is 16.7. The summed E-state index contributed by atoms with van der Waals surface area (Å²) in [6.07, 6.45) is 0.404. The Balaban J connectivity index is 1.92. The van der Waals surface area contributed by atoms with Gasteiger partial charge in [0, 0.05) is 23.9 Å². The second kappa shape index (κ2) is 13.0. The van der Waals surface area contributed by atoms with Crippen molar-refractivity contribution in [2.75, 3.05) is 5.75 Å². The summed E-state index contributed by atoms with van der Waals surface area (Å²) in [6.45, 7) is 6.10. The molecule has 0 fully saturated rings. The lowest BCUT2D eigenvalue weighted by Crippen LogP contribution is -2.52. The average Bonchev–Trinajstić information content (AvgIpc) is 2.83. The number of thioether (sulfide) groups is 1. The minimum atomic E-state index is -0.680. The normalized spacial score (nSPS) is 11.8. The number of aryl methyl sites for hydroxylation is 1. The number of carbonyl (C=O) groups excluding carboxylic acids is 2. The van der Waals surface area contributed by atoms with Crippen molar-refractivity contribution >= 4 is 46.8 Å². The van der Waals surface area contributed by atoms with E-state index >= 15 is 0 Å². The molecule has 0 saturated carbocycles. The number of benzene rings is 3. The fraction of sp³-hybridized carbons (Fsp3) is 0.286. The van der Waals surface area contributed by atoms with Crippen molar-refractivity contribution in [2.45, 2.75) is 50.7 Å². The van der Waals surface area contributed by atoms with Gasteiger partial charge in [-0.1, -0.05) is 77.3 Å². The largest absolute Gasteiger partial charge is 0.352 e. The molecule has 0 spiro atoms. The van der Waals surface area contributed by atoms with Gasteiger partial charge < -0.3 is 10.2 Å². The summed E-state index contributed by atoms with van der Waals surface area (Å²) in [7, 11) is 0. The number of carbonyl (C=O) groups is 2. The topological polar surface area (TPSA) is 49.4 Å². The number of hydrogen-bond donors (Lipinski definition) is 1. The molecule has 0 aliphatic carbocycles. The zero-order chi connectivity index (χ0) is 25.4. The van der Waals surface area contributed by atoms with Crippen LogP contribution in [0.2, 0.25) is 10.0 Å². The second-order valence-corrected chi connectivity index (χ2v) is 10.6. The first-order valence-electron chi connectivity index (χ1n) is 11.5. The Labute approximate surface area is 222 Å². The maximum atomic E-state index is 13.6. The molecule has 1 atom stereocenters. The van der Waals surface area contributed by atoms with Crippen LogP contribution in [0, 0.1) is 6.92 Å². The lowest BCUT2D eigenvalue weighted by molar-refractivity contribution is -0.139. The third kappa shape index (κ3) is 8.31. The van der Waals surface area contributed by atoms with Gasteiger partial charge in [-0.25, -0.2) is 0 Å². The van der Waals surface area contributed by atoms with Crippen LogP contribution in [0.3, 0.4) is 0 Å². The summed E-state index contributed by atoms with van der Waals surface area (Å²) in [5, 5.41) is 3.86. The highest BCUT2D eigenvalue weighted by Crippen LogP contribution is 2.25. The van der Waals surface area contributed by atoms with Crippen LogP contribution < -0.4 is 5.32 Å². The molecule has 7 heteroatoms. The van der Waals surface area contributed by atoms with Gasteiger partial charge in [0.05, 0.1) is 15.8 Å². The van der Waals surface area contributed by atoms with Gasteiger partial charge in [-0.2, -0.15) is 0 Å². The van der Waals surface area contributed by atoms with Gasteiger partial charge in [0.1, 0.15) is 6.04 Å². The van der Waals surface area contributed by atoms with E-state index in [9.17, 15) is 9.59 Å². The lowest BCUT2D eigenvalue weighted by Gasteiger charge is -2.32. The molecule has 0 aliphatic rings. The first-order valence-corrected chi connectivity index (χ1v) is 13.2. The standard InChI is InChI=1S/C28H30Cl2N2O2S/c1-19(2)31-28(34)26(16-21-7-5-4-6-8-21)32(17-22-11-14-24(29)25(30)15-22)27(33)18-35-23-12-9-20(3)10-13-23/h4-15,19,26H,16-18H2,1-3H3,(H,31,34)/t26-/m0/s1. The predicted octanol–water partition coefficient (Wildman–Crippen LogP) is 6.56. The van der Waals surface area contributed by atoms with E-state index in [-0.39, 0.29) is 30.2 Å². The predicted molar refractivity (Wildman–Crippen MR) is 146 cm³/mol. The van der Waals surface area contributed by atoms with E-state index in [2.05, 4.69) is 5.32 Å². The molecule has 4 nitrogen and oxygen atoms in total. The number of nitrogens with one attached hydrogen (secondary N) is 1. The molecule has 0 aliphatic heterocycles. The smallest absolute Gasteiger partial charge is 0.243 e. The van der Waals surface area contributed by atoms with E-state index in [1.165, 1.54) is 11.8 Å². The van der Waals surface area contributed by atoms with Crippen molar-refractivity contribution in [1.82, 2.24) is 10.2 Å². The molecular weight excluding hydrogens is 499 g/mol. The van der Waals surface area contributed by atoms with Gasteiger partial charge >= 0.3 is 0 Å². The number of hydrogen-bond acceptors (Lipinski definition) is 3. The molecule has 184 valence electrons. The fourth-order valence-corrected chi connectivity index (χ4v) is 4.74. The van der Waals surface area contributed by atoms with Crippen molar-refractivity contribution in [3.05, 3.63) is 99.5 Å². The molecule has 0 heterocycles. The summed E-state index contributed by atoms with van der Waals surface area (Å²) >= 11 is 13.8. The highest BCUT2D eigenvalue weighted by atomic mass is 35.5. The molecule has 0 saturated heterocycles. The van der Waals surface area contributed by atoms with E-state index in [0.29, 0.717) is 16.5 Å². The Morgan fingerprint density at radius 1 is 0.914 bits per heavy atom. The number of rotatable bonds is 10. The monoisotopic (exact) mass is 528 g/mol. The van der Waals surface area contributed by atoms with Gasteiger partial charge in [-0.05, 0) is 56.2 Å². The molecule has 0 aromatic heterocycles. The van der Waals surface area contributed by atoms with E-state index < -0.39 is 6.04 Å². The zero-order valence-electron chi connectivity index (χ0n) is 20.1. The Hall–Kier alpha value is -2.47. The van der Waals surface area contributed by atoms with Crippen molar-refractivity contribution < 1.29 is 9.59 Å². The summed E-state index contributed by atoms with van der Waals surface area (Å²) in [6, 6.07) is 22.4. The third-order valence-electron chi connectivity index (χ3n) is 5.42. The summed E-state index contributed by atoms with van der Waals surface area (Å²) < 4.78 is 0. The maximum absolute atomic E-state index is 13.6. The van der Waals surface area contributed by atoms with Crippen LogP contribution in [0.25, 0.3) is 0 Å². The first kappa shape index (κ1) is 27.1. The van der Waals surface area contributed by atoms with Crippen LogP contribution in [-0.4, -0.2) is 34.6 Å². The van der Waals surface area contributed by atoms with E-state index in [1.807, 2.05) is 81.4 Å². The van der Waals surface area contributed by atoms with Gasteiger partial charge in [-0.3, -0.25) is 9.59 Å². The zero-order valence-corrected chi connectivity index (χ0v) is 22.5. The molecule has 0 radical (unpaired) electrons. The van der Waals surface area contributed by atoms with Crippen molar-refractivity contribution in [1.29, 1.82) is 0 Å². The SMILES string of the molecule is Cc1ccc(SCC(=O)N(Cc2ccc(Cl)c(Cl)c2)[C@@H](Cc2ccccc2)C(=O)NC(C)C)cc1. The van der Waals surface area contributed by atoms with Crippen molar-refractivity contribution in [3.8, 4) is 0 Å². The Kier molecular flexibility index (Phi) is 10.1. The summed E-state index contributed by atoms with van der Waals surface area (Å²) in [5.74, 6) is -0.0935. The van der Waals surface area contributed by atoms with Crippen LogP contribution in [-0.2, 0) is 22.6 Å². The van der Waals surface area contributed by atoms with Gasteiger partial charge in [0.2, 0.25) is 11.8 Å². The lowest BCUT2D eigenvalue weighted by atomic mass is 10.0. The van der Waals surface area contributed by atoms with Crippen LogP contribution in [0.15, 0.2) is 77.7 Å². The minimum Gasteiger partial charge on any atom is -0.352 e. The quantitative estimate of drug-likeness (QED) is 0.303. The summed E-state index contributed by atoms with van der Waals surface area (Å²) in [5.41, 5.74) is 2.95. The number of halogens is 2. The fourth-order valence-electron chi connectivity index (χ4n) is 3.63.